The minimum absolute atomic E-state index is 0. The summed E-state index contributed by atoms with van der Waals surface area (Å²) in [6, 6.07) is 0. The van der Waals surface area contributed by atoms with Crippen molar-refractivity contribution in [2.75, 3.05) is 0 Å². The van der Waals surface area contributed by atoms with Crippen molar-refractivity contribution in [3.05, 3.63) is 17.7 Å². The van der Waals surface area contributed by atoms with Gasteiger partial charge in [-0.2, -0.15) is 0 Å². The van der Waals surface area contributed by atoms with E-state index in [4.69, 9.17) is 33.3 Å². The molecule has 0 aromatic heterocycles. The Morgan fingerprint density at radius 1 is 0.571 bits per heavy atom. The van der Waals surface area contributed by atoms with Crippen molar-refractivity contribution in [1.82, 2.24) is 0 Å². The average Bonchev–Trinajstić information content (AvgIpc) is 1.81. The first kappa shape index (κ1) is 26.2. The topological polar surface area (TPSA) is 132 Å². The summed E-state index contributed by atoms with van der Waals surface area (Å²) in [5.74, 6) is 14.2. The number of hydrogen-bond donors (Lipinski definition) is 3. The fourth-order valence-corrected chi connectivity index (χ4v) is 0. The number of nitrogens with one attached hydrogen (secondary N) is 3. The molecule has 0 bridgehead atoms. The molecule has 0 aromatic carbocycles. The van der Waals surface area contributed by atoms with Crippen molar-refractivity contribution in [2.24, 2.45) is 0 Å². The van der Waals surface area contributed by atoms with Gasteiger partial charge in [-0.05, 0) is 0 Å². The summed E-state index contributed by atoms with van der Waals surface area (Å²) in [7, 11) is 0. The minimum atomic E-state index is 0. The molecule has 42 valence electrons. The predicted octanol–water partition coefficient (Wildman–Crippen LogP) is 0.903. The van der Waals surface area contributed by atoms with E-state index in [-0.39, 0.29) is 19.8 Å². The smallest absolute Gasteiger partial charge is 0.553 e. The van der Waals surface area contributed by atoms with Gasteiger partial charge in [0.2, 0.25) is 0 Å². The molecule has 0 saturated carbocycles. The summed E-state index contributed by atoms with van der Waals surface area (Å²) < 4.78 is 0. The van der Waals surface area contributed by atoms with E-state index in [0.717, 1.165) is 0 Å². The summed E-state index contributed by atoms with van der Waals surface area (Å²) in [4.78, 5) is 0. The van der Waals surface area contributed by atoms with Crippen LogP contribution in [-0.2, 0) is 0 Å². The van der Waals surface area contributed by atoms with Crippen LogP contribution in [0.5, 0.6) is 0 Å². The Labute approximate surface area is 53.8 Å². The van der Waals surface area contributed by atoms with Gasteiger partial charge in [0.15, 0.2) is 0 Å². The third-order valence-corrected chi connectivity index (χ3v) is 0. The molecule has 0 fully saturated rings. The molecule has 7 heavy (non-hydrogen) atoms. The van der Waals surface area contributed by atoms with E-state index in [1.54, 1.807) is 0 Å². The Morgan fingerprint density at radius 2 is 0.571 bits per heavy atom. The fraction of sp³-hybridized carbons (Fsp3) is 0. The van der Waals surface area contributed by atoms with E-state index in [0.29, 0.717) is 0 Å². The minimum Gasteiger partial charge on any atom is -0.553 e. The number of rotatable bonds is 0. The van der Waals surface area contributed by atoms with Gasteiger partial charge in [0, 0.05) is 0 Å². The fourth-order valence-electron chi connectivity index (χ4n) is 0. The van der Waals surface area contributed by atoms with Gasteiger partial charge < -0.3 is 33.3 Å². The summed E-state index contributed by atoms with van der Waals surface area (Å²) in [5.41, 5.74) is 0. The molecule has 0 heterocycles. The van der Waals surface area contributed by atoms with Crippen molar-refractivity contribution in [3.63, 3.8) is 0 Å². The zero-order valence-electron chi connectivity index (χ0n) is 3.42. The van der Waals surface area contributed by atoms with Crippen molar-refractivity contribution in [3.8, 4) is 0 Å². The van der Waals surface area contributed by atoms with E-state index in [1.165, 1.54) is 0 Å². The molecule has 0 unspecified atom stereocenters. The number of hydrogen-bond acceptors (Lipinski definition) is 3. The van der Waals surface area contributed by atoms with Crippen molar-refractivity contribution < 1.29 is 15.6 Å². The second-order valence-corrected chi connectivity index (χ2v) is 0. The predicted molar refractivity (Wildman–Crippen MR) is 24.1 cm³/mol. The quantitative estimate of drug-likeness (QED) is 0.364. The van der Waals surface area contributed by atoms with E-state index < -0.39 is 0 Å². The van der Waals surface area contributed by atoms with Gasteiger partial charge in [-0.15, -0.1) is 0 Å². The van der Waals surface area contributed by atoms with E-state index in [2.05, 4.69) is 0 Å². The normalized spacial score (nSPS) is 2.57. The Morgan fingerprint density at radius 3 is 0.571 bits per heavy atom. The second kappa shape index (κ2) is 1190. The van der Waals surface area contributed by atoms with Gasteiger partial charge in [-0.1, -0.05) is 0 Å². The van der Waals surface area contributed by atoms with E-state index >= 15 is 0 Å². The molecule has 0 spiro atoms. The van der Waals surface area contributed by atoms with Crippen LogP contribution in [0.3, 0.4) is 0 Å². The Kier molecular flexibility index (Phi) is 4440. The first-order valence-corrected chi connectivity index (χ1v) is 0.671. The molecule has 0 atom stereocenters. The van der Waals surface area contributed by atoms with Crippen molar-refractivity contribution in [1.29, 1.82) is 0 Å². The SMILES string of the molecule is [Ga+3].[NH-]O.[NH-]O.[NH-]O. The summed E-state index contributed by atoms with van der Waals surface area (Å²) >= 11 is 0. The third kappa shape index (κ3) is 787. The molecule has 0 aliphatic rings. The Hall–Kier alpha value is 0.396. The van der Waals surface area contributed by atoms with Crippen LogP contribution in [0.25, 0.3) is 17.7 Å². The Bertz CT molecular complexity index is 10.1. The molecule has 0 aliphatic heterocycles. The van der Waals surface area contributed by atoms with Crippen LogP contribution in [0.1, 0.15) is 0 Å². The maximum absolute atomic E-state index is 6.25. The van der Waals surface area contributed by atoms with Gasteiger partial charge in [0.1, 0.15) is 0 Å². The van der Waals surface area contributed by atoms with Crippen molar-refractivity contribution in [2.45, 2.75) is 0 Å². The van der Waals surface area contributed by atoms with Crippen LogP contribution in [0.2, 0.25) is 0 Å². The second-order valence-electron chi connectivity index (χ2n) is 0. The van der Waals surface area contributed by atoms with E-state index in [9.17, 15) is 0 Å². The molecule has 0 amide bonds. The molecule has 0 aliphatic carbocycles. The van der Waals surface area contributed by atoms with Crippen LogP contribution in [0, 0.1) is 0 Å². The monoisotopic (exact) mass is 165 g/mol. The van der Waals surface area contributed by atoms with Crippen molar-refractivity contribution >= 4 is 19.8 Å². The van der Waals surface area contributed by atoms with Crippen LogP contribution in [0.15, 0.2) is 0 Å². The van der Waals surface area contributed by atoms with Crippen LogP contribution in [-0.4, -0.2) is 35.4 Å². The van der Waals surface area contributed by atoms with Gasteiger partial charge >= 0.3 is 19.8 Å². The van der Waals surface area contributed by atoms with E-state index in [1.807, 2.05) is 0 Å². The zero-order valence-corrected chi connectivity index (χ0v) is 5.84. The largest absolute Gasteiger partial charge is 3.00 e. The molecule has 0 rings (SSSR count). The summed E-state index contributed by atoms with van der Waals surface area (Å²) in [6.45, 7) is 0. The molecule has 6 N–H and O–H groups in total. The molecule has 7 heteroatoms. The summed E-state index contributed by atoms with van der Waals surface area (Å²) in [5, 5.41) is 18.8. The molecular weight excluding hydrogens is 160 g/mol. The zero-order chi connectivity index (χ0) is 6.00. The maximum atomic E-state index is 6.25. The molecule has 0 aromatic rings. The molecule has 0 radical (unpaired) electrons. The standard InChI is InChI=1S/Ga.3H2NO/c;3*1-2/h;3*1-2H/q+3;3*-1. The van der Waals surface area contributed by atoms with Crippen LogP contribution < -0.4 is 0 Å². The molecule has 6 nitrogen and oxygen atoms in total. The first-order chi connectivity index (χ1) is 3.00. The van der Waals surface area contributed by atoms with Gasteiger partial charge in [0.25, 0.3) is 0 Å². The van der Waals surface area contributed by atoms with Crippen LogP contribution in [0.4, 0.5) is 0 Å². The third-order valence-electron chi connectivity index (χ3n) is 0. The Balaban J connectivity index is -0.00000000900. The maximum Gasteiger partial charge on any atom is 3.00 e. The van der Waals surface area contributed by atoms with Gasteiger partial charge in [0.05, 0.1) is 0 Å². The van der Waals surface area contributed by atoms with Crippen LogP contribution >= 0.6 is 0 Å². The molecule has 0 saturated heterocycles. The average molecular weight is 166 g/mol. The van der Waals surface area contributed by atoms with Gasteiger partial charge in [-0.25, -0.2) is 0 Å². The van der Waals surface area contributed by atoms with Gasteiger partial charge in [-0.3, -0.25) is 0 Å². The first-order valence-electron chi connectivity index (χ1n) is 0.671. The molecular formula is H6GaN3O3. The summed E-state index contributed by atoms with van der Waals surface area (Å²) in [6.07, 6.45) is 0.